The highest BCUT2D eigenvalue weighted by Gasteiger charge is 2.11. The molecule has 0 aliphatic rings. The molecule has 1 aromatic carbocycles. The maximum Gasteiger partial charge on any atom is 0.339 e. The molecule has 0 amide bonds. The fourth-order valence-corrected chi connectivity index (χ4v) is 1.57. The predicted molar refractivity (Wildman–Crippen MR) is 61.0 cm³/mol. The van der Waals surface area contributed by atoms with Crippen molar-refractivity contribution in [3.8, 4) is 5.75 Å². The Morgan fingerprint density at radius 1 is 1.53 bits per heavy atom. The standard InChI is InChI=1S/C11H14O3S/c1-3-6-14-10-7-8(15-2)4-5-9(10)11(12)13/h4-5,7H,3,6H2,1-2H3,(H,12,13). The summed E-state index contributed by atoms with van der Waals surface area (Å²) in [5.41, 5.74) is 0.223. The van der Waals surface area contributed by atoms with Crippen molar-refractivity contribution >= 4 is 17.7 Å². The summed E-state index contributed by atoms with van der Waals surface area (Å²) in [7, 11) is 0. The van der Waals surface area contributed by atoms with Crippen LogP contribution in [0.5, 0.6) is 5.75 Å². The molecule has 15 heavy (non-hydrogen) atoms. The van der Waals surface area contributed by atoms with Crippen molar-refractivity contribution in [3.05, 3.63) is 23.8 Å². The van der Waals surface area contributed by atoms with Crippen LogP contribution in [-0.4, -0.2) is 23.9 Å². The van der Waals surface area contributed by atoms with Gasteiger partial charge in [0.05, 0.1) is 6.61 Å². The number of carbonyl (C=O) groups is 1. The molecule has 0 atom stereocenters. The first-order valence-electron chi connectivity index (χ1n) is 4.73. The van der Waals surface area contributed by atoms with E-state index in [1.807, 2.05) is 13.2 Å². The van der Waals surface area contributed by atoms with Crippen molar-refractivity contribution in [1.82, 2.24) is 0 Å². The van der Waals surface area contributed by atoms with Crippen molar-refractivity contribution < 1.29 is 14.6 Å². The van der Waals surface area contributed by atoms with E-state index >= 15 is 0 Å². The first-order valence-corrected chi connectivity index (χ1v) is 5.95. The number of carboxylic acids is 1. The van der Waals surface area contributed by atoms with Gasteiger partial charge in [-0.2, -0.15) is 0 Å². The Kier molecular flexibility index (Phi) is 4.49. The van der Waals surface area contributed by atoms with Gasteiger partial charge in [0.2, 0.25) is 0 Å². The molecule has 82 valence electrons. The lowest BCUT2D eigenvalue weighted by atomic mass is 10.2. The molecule has 1 aromatic rings. The summed E-state index contributed by atoms with van der Waals surface area (Å²) in [6.45, 7) is 2.52. The molecular weight excluding hydrogens is 212 g/mol. The summed E-state index contributed by atoms with van der Waals surface area (Å²) >= 11 is 1.56. The third-order valence-electron chi connectivity index (χ3n) is 1.88. The molecule has 0 fully saturated rings. The van der Waals surface area contributed by atoms with Gasteiger partial charge in [-0.05, 0) is 30.9 Å². The Hall–Kier alpha value is -1.16. The van der Waals surface area contributed by atoms with E-state index in [2.05, 4.69) is 0 Å². The van der Waals surface area contributed by atoms with Crippen molar-refractivity contribution in [2.75, 3.05) is 12.9 Å². The lowest BCUT2D eigenvalue weighted by molar-refractivity contribution is 0.0692. The summed E-state index contributed by atoms with van der Waals surface area (Å²) in [6.07, 6.45) is 2.81. The van der Waals surface area contributed by atoms with Gasteiger partial charge >= 0.3 is 5.97 Å². The lowest BCUT2D eigenvalue weighted by Crippen LogP contribution is -2.03. The third-order valence-corrected chi connectivity index (χ3v) is 2.61. The van der Waals surface area contributed by atoms with Crippen molar-refractivity contribution in [1.29, 1.82) is 0 Å². The van der Waals surface area contributed by atoms with Crippen LogP contribution in [-0.2, 0) is 0 Å². The minimum Gasteiger partial charge on any atom is -0.493 e. The molecule has 0 bridgehead atoms. The highest BCUT2D eigenvalue weighted by molar-refractivity contribution is 7.98. The van der Waals surface area contributed by atoms with Gasteiger partial charge in [0, 0.05) is 4.90 Å². The normalized spacial score (nSPS) is 10.0. The summed E-state index contributed by atoms with van der Waals surface area (Å²) in [4.78, 5) is 11.9. The van der Waals surface area contributed by atoms with Gasteiger partial charge in [-0.3, -0.25) is 0 Å². The Morgan fingerprint density at radius 3 is 2.80 bits per heavy atom. The zero-order valence-electron chi connectivity index (χ0n) is 8.82. The van der Waals surface area contributed by atoms with Crippen LogP contribution in [0.3, 0.4) is 0 Å². The van der Waals surface area contributed by atoms with Crippen molar-refractivity contribution in [2.24, 2.45) is 0 Å². The molecule has 0 radical (unpaired) electrons. The van der Waals surface area contributed by atoms with Gasteiger partial charge in [-0.1, -0.05) is 6.92 Å². The first kappa shape index (κ1) is 11.9. The van der Waals surface area contributed by atoms with Crippen LogP contribution < -0.4 is 4.74 Å². The van der Waals surface area contributed by atoms with E-state index in [4.69, 9.17) is 9.84 Å². The Labute approximate surface area is 93.4 Å². The van der Waals surface area contributed by atoms with Crippen LogP contribution >= 0.6 is 11.8 Å². The minimum atomic E-state index is -0.950. The SMILES string of the molecule is CCCOc1cc(SC)ccc1C(=O)O. The molecule has 0 heterocycles. The molecule has 0 unspecified atom stereocenters. The van der Waals surface area contributed by atoms with Crippen LogP contribution in [0.1, 0.15) is 23.7 Å². The number of carboxylic acid groups (broad SMARTS) is 1. The van der Waals surface area contributed by atoms with E-state index in [0.29, 0.717) is 12.4 Å². The zero-order valence-corrected chi connectivity index (χ0v) is 9.63. The van der Waals surface area contributed by atoms with Gasteiger partial charge in [-0.25, -0.2) is 4.79 Å². The molecular formula is C11H14O3S. The second-order valence-electron chi connectivity index (χ2n) is 3.02. The number of hydrogen-bond donors (Lipinski definition) is 1. The maximum atomic E-state index is 10.9. The van der Waals surface area contributed by atoms with Crippen molar-refractivity contribution in [2.45, 2.75) is 18.2 Å². The fourth-order valence-electron chi connectivity index (χ4n) is 1.14. The number of thioether (sulfide) groups is 1. The molecule has 0 spiro atoms. The van der Waals surface area contributed by atoms with Gasteiger partial charge in [0.1, 0.15) is 11.3 Å². The Bertz CT molecular complexity index is 350. The number of benzene rings is 1. The average Bonchev–Trinajstić information content (AvgIpc) is 2.25. The van der Waals surface area contributed by atoms with Crippen molar-refractivity contribution in [3.63, 3.8) is 0 Å². The number of aromatic carboxylic acids is 1. The van der Waals surface area contributed by atoms with E-state index in [0.717, 1.165) is 11.3 Å². The maximum absolute atomic E-state index is 10.9. The van der Waals surface area contributed by atoms with E-state index in [1.54, 1.807) is 30.0 Å². The molecule has 0 saturated carbocycles. The summed E-state index contributed by atoms with van der Waals surface area (Å²) < 4.78 is 5.40. The van der Waals surface area contributed by atoms with Crippen LogP contribution in [0.15, 0.2) is 23.1 Å². The molecule has 4 heteroatoms. The number of ether oxygens (including phenoxy) is 1. The Balaban J connectivity index is 2.99. The smallest absolute Gasteiger partial charge is 0.339 e. The third kappa shape index (κ3) is 3.16. The summed E-state index contributed by atoms with van der Waals surface area (Å²) in [5, 5.41) is 8.94. The molecule has 0 aliphatic carbocycles. The van der Waals surface area contributed by atoms with E-state index in [9.17, 15) is 4.79 Å². The average molecular weight is 226 g/mol. The predicted octanol–water partition coefficient (Wildman–Crippen LogP) is 2.90. The van der Waals surface area contributed by atoms with E-state index in [1.165, 1.54) is 0 Å². The van der Waals surface area contributed by atoms with Crippen LogP contribution in [0.2, 0.25) is 0 Å². The number of rotatable bonds is 5. The topological polar surface area (TPSA) is 46.5 Å². The van der Waals surface area contributed by atoms with Crippen LogP contribution in [0.4, 0.5) is 0 Å². The highest BCUT2D eigenvalue weighted by Crippen LogP contribution is 2.25. The lowest BCUT2D eigenvalue weighted by Gasteiger charge is -2.09. The molecule has 3 nitrogen and oxygen atoms in total. The first-order chi connectivity index (χ1) is 7.19. The van der Waals surface area contributed by atoms with Gasteiger partial charge in [-0.15, -0.1) is 11.8 Å². The van der Waals surface area contributed by atoms with Crippen LogP contribution in [0, 0.1) is 0 Å². The van der Waals surface area contributed by atoms with Gasteiger partial charge in [0.15, 0.2) is 0 Å². The van der Waals surface area contributed by atoms with E-state index < -0.39 is 5.97 Å². The molecule has 0 aromatic heterocycles. The largest absolute Gasteiger partial charge is 0.493 e. The monoisotopic (exact) mass is 226 g/mol. The van der Waals surface area contributed by atoms with Gasteiger partial charge < -0.3 is 9.84 Å². The minimum absolute atomic E-state index is 0.223. The molecule has 1 rings (SSSR count). The molecule has 0 aliphatic heterocycles. The summed E-state index contributed by atoms with van der Waals surface area (Å²) in [6, 6.07) is 5.13. The second kappa shape index (κ2) is 5.66. The highest BCUT2D eigenvalue weighted by atomic mass is 32.2. The van der Waals surface area contributed by atoms with E-state index in [-0.39, 0.29) is 5.56 Å². The van der Waals surface area contributed by atoms with Crippen LogP contribution in [0.25, 0.3) is 0 Å². The second-order valence-corrected chi connectivity index (χ2v) is 3.90. The number of hydrogen-bond acceptors (Lipinski definition) is 3. The summed E-state index contributed by atoms with van der Waals surface area (Å²) in [5.74, 6) is -0.495. The quantitative estimate of drug-likeness (QED) is 0.784. The Morgan fingerprint density at radius 2 is 2.27 bits per heavy atom. The zero-order chi connectivity index (χ0) is 11.3. The molecule has 0 saturated heterocycles. The van der Waals surface area contributed by atoms with Gasteiger partial charge in [0.25, 0.3) is 0 Å². The molecule has 1 N–H and O–H groups in total. The fraction of sp³-hybridized carbons (Fsp3) is 0.364.